The summed E-state index contributed by atoms with van der Waals surface area (Å²) in [6.07, 6.45) is -1.57. The molecule has 5 atom stereocenters. The molecule has 3 fully saturated rings. The van der Waals surface area contributed by atoms with Gasteiger partial charge in [0, 0.05) is 12.5 Å². The standard InChI is InChI=1S/C25H29NO6/c1-25(2)31-22-19-13-26(24(27)29-16-18-11-7-4-8-12-18)14-20(21(19)30-23(22)32-25)28-15-17-9-5-3-6-10-17/h3-12,19-23H,13-16H2,1-2H3/t19-,20-,21+,22-,23-/m1/s1. The van der Waals surface area contributed by atoms with Crippen LogP contribution in [-0.4, -0.2) is 54.5 Å². The fourth-order valence-electron chi connectivity index (χ4n) is 4.70. The lowest BCUT2D eigenvalue weighted by molar-refractivity contribution is -0.230. The molecule has 0 unspecified atom stereocenters. The number of ether oxygens (including phenoxy) is 5. The molecule has 7 nitrogen and oxygen atoms in total. The lowest BCUT2D eigenvalue weighted by Gasteiger charge is -2.40. The fraction of sp³-hybridized carbons (Fsp3) is 0.480. The molecule has 0 spiro atoms. The Kier molecular flexibility index (Phi) is 5.90. The van der Waals surface area contributed by atoms with Gasteiger partial charge in [-0.25, -0.2) is 4.79 Å². The van der Waals surface area contributed by atoms with Gasteiger partial charge in [-0.3, -0.25) is 0 Å². The molecule has 3 heterocycles. The third kappa shape index (κ3) is 4.52. The summed E-state index contributed by atoms with van der Waals surface area (Å²) in [4.78, 5) is 14.6. The summed E-state index contributed by atoms with van der Waals surface area (Å²) in [6, 6.07) is 19.6. The highest BCUT2D eigenvalue weighted by Gasteiger charge is 2.59. The minimum Gasteiger partial charge on any atom is -0.445 e. The Labute approximate surface area is 188 Å². The van der Waals surface area contributed by atoms with E-state index in [9.17, 15) is 4.79 Å². The zero-order valence-electron chi connectivity index (χ0n) is 18.4. The number of nitrogens with zero attached hydrogens (tertiary/aromatic N) is 1. The van der Waals surface area contributed by atoms with E-state index in [0.717, 1.165) is 11.1 Å². The van der Waals surface area contributed by atoms with Crippen molar-refractivity contribution in [2.24, 2.45) is 5.92 Å². The van der Waals surface area contributed by atoms with Crippen LogP contribution in [0.4, 0.5) is 4.79 Å². The molecule has 1 amide bonds. The molecular weight excluding hydrogens is 410 g/mol. The topological polar surface area (TPSA) is 66.5 Å². The number of likely N-dealkylation sites (tertiary alicyclic amines) is 1. The highest BCUT2D eigenvalue weighted by Crippen LogP contribution is 2.44. The Morgan fingerprint density at radius 3 is 2.28 bits per heavy atom. The lowest BCUT2D eigenvalue weighted by Crippen LogP contribution is -2.56. The van der Waals surface area contributed by atoms with Crippen LogP contribution in [-0.2, 0) is 36.9 Å². The first kappa shape index (κ1) is 21.4. The summed E-state index contributed by atoms with van der Waals surface area (Å²) in [6.45, 7) is 5.29. The predicted octanol–water partition coefficient (Wildman–Crippen LogP) is 3.72. The molecule has 170 valence electrons. The molecule has 0 N–H and O–H groups in total. The van der Waals surface area contributed by atoms with Gasteiger partial charge in [0.15, 0.2) is 12.1 Å². The first-order valence-electron chi connectivity index (χ1n) is 11.1. The van der Waals surface area contributed by atoms with Crippen molar-refractivity contribution >= 4 is 6.09 Å². The van der Waals surface area contributed by atoms with Crippen LogP contribution in [0.25, 0.3) is 0 Å². The smallest absolute Gasteiger partial charge is 0.410 e. The van der Waals surface area contributed by atoms with E-state index >= 15 is 0 Å². The molecule has 0 aliphatic carbocycles. The maximum atomic E-state index is 12.9. The average molecular weight is 440 g/mol. The highest BCUT2D eigenvalue weighted by molar-refractivity contribution is 5.68. The number of piperidine rings is 1. The second-order valence-electron chi connectivity index (χ2n) is 9.01. The highest BCUT2D eigenvalue weighted by atomic mass is 16.8. The SMILES string of the molecule is CC1(C)O[C@H]2O[C@H]3[C@@H](CN(C(=O)OCc4ccccc4)C[C@H]3OCc3ccccc3)[C@H]2O1. The van der Waals surface area contributed by atoms with Gasteiger partial charge in [0.05, 0.1) is 19.3 Å². The van der Waals surface area contributed by atoms with Crippen molar-refractivity contribution in [2.75, 3.05) is 13.1 Å². The van der Waals surface area contributed by atoms with Gasteiger partial charge >= 0.3 is 6.09 Å². The van der Waals surface area contributed by atoms with Crippen LogP contribution in [0.5, 0.6) is 0 Å². The van der Waals surface area contributed by atoms with Gasteiger partial charge in [0.25, 0.3) is 0 Å². The van der Waals surface area contributed by atoms with Gasteiger partial charge in [-0.05, 0) is 25.0 Å². The van der Waals surface area contributed by atoms with E-state index in [0.29, 0.717) is 19.7 Å². The molecule has 2 aromatic carbocycles. The molecule has 0 aromatic heterocycles. The number of rotatable bonds is 5. The molecule has 0 radical (unpaired) electrons. The van der Waals surface area contributed by atoms with Crippen LogP contribution in [0.15, 0.2) is 60.7 Å². The van der Waals surface area contributed by atoms with Gasteiger partial charge in [-0.2, -0.15) is 0 Å². The Morgan fingerprint density at radius 1 is 0.938 bits per heavy atom. The Morgan fingerprint density at radius 2 is 1.59 bits per heavy atom. The average Bonchev–Trinajstić information content (AvgIpc) is 3.29. The summed E-state index contributed by atoms with van der Waals surface area (Å²) in [5.41, 5.74) is 2.02. The van der Waals surface area contributed by atoms with Gasteiger partial charge < -0.3 is 28.6 Å². The number of hydrogen-bond donors (Lipinski definition) is 0. The summed E-state index contributed by atoms with van der Waals surface area (Å²) in [5.74, 6) is -0.767. The lowest BCUT2D eigenvalue weighted by atomic mass is 9.90. The first-order chi connectivity index (χ1) is 15.5. The van der Waals surface area contributed by atoms with E-state index in [4.69, 9.17) is 23.7 Å². The third-order valence-corrected chi connectivity index (χ3v) is 6.19. The van der Waals surface area contributed by atoms with Crippen molar-refractivity contribution in [3.05, 3.63) is 71.8 Å². The van der Waals surface area contributed by atoms with Crippen LogP contribution in [0.2, 0.25) is 0 Å². The minimum absolute atomic E-state index is 0.0550. The molecule has 3 aliphatic heterocycles. The summed E-state index contributed by atoms with van der Waals surface area (Å²) < 4.78 is 30.2. The molecule has 32 heavy (non-hydrogen) atoms. The summed E-state index contributed by atoms with van der Waals surface area (Å²) in [5, 5.41) is 0. The maximum Gasteiger partial charge on any atom is 0.410 e. The third-order valence-electron chi connectivity index (χ3n) is 6.19. The van der Waals surface area contributed by atoms with Crippen molar-refractivity contribution in [3.63, 3.8) is 0 Å². The van der Waals surface area contributed by atoms with Crippen LogP contribution in [0.1, 0.15) is 25.0 Å². The van der Waals surface area contributed by atoms with Gasteiger partial charge in [-0.1, -0.05) is 60.7 Å². The van der Waals surface area contributed by atoms with Gasteiger partial charge in [0.2, 0.25) is 0 Å². The number of amides is 1. The molecule has 7 heteroatoms. The molecular formula is C25H29NO6. The van der Waals surface area contributed by atoms with Crippen LogP contribution < -0.4 is 0 Å². The molecule has 0 saturated carbocycles. The van der Waals surface area contributed by atoms with Crippen molar-refractivity contribution < 1.29 is 28.5 Å². The first-order valence-corrected chi connectivity index (χ1v) is 11.1. The quantitative estimate of drug-likeness (QED) is 0.708. The molecule has 2 aromatic rings. The number of benzene rings is 2. The number of carbonyl (C=O) groups is 1. The predicted molar refractivity (Wildman–Crippen MR) is 115 cm³/mol. The summed E-state index contributed by atoms with van der Waals surface area (Å²) in [7, 11) is 0. The minimum atomic E-state index is -0.712. The van der Waals surface area contributed by atoms with E-state index in [-0.39, 0.29) is 36.9 Å². The summed E-state index contributed by atoms with van der Waals surface area (Å²) >= 11 is 0. The van der Waals surface area contributed by atoms with Crippen molar-refractivity contribution in [3.8, 4) is 0 Å². The Balaban J connectivity index is 1.29. The largest absolute Gasteiger partial charge is 0.445 e. The molecule has 3 saturated heterocycles. The van der Waals surface area contributed by atoms with E-state index in [1.54, 1.807) is 4.90 Å². The number of carbonyl (C=O) groups excluding carboxylic acids is 1. The zero-order valence-corrected chi connectivity index (χ0v) is 18.4. The molecule has 3 aliphatic rings. The van der Waals surface area contributed by atoms with Crippen LogP contribution >= 0.6 is 0 Å². The van der Waals surface area contributed by atoms with Crippen molar-refractivity contribution in [2.45, 2.75) is 57.5 Å². The van der Waals surface area contributed by atoms with E-state index in [1.165, 1.54) is 0 Å². The number of fused-ring (bicyclic) bond motifs is 3. The van der Waals surface area contributed by atoms with E-state index < -0.39 is 12.1 Å². The monoisotopic (exact) mass is 439 g/mol. The van der Waals surface area contributed by atoms with Crippen LogP contribution in [0.3, 0.4) is 0 Å². The normalized spacial score (nSPS) is 30.6. The van der Waals surface area contributed by atoms with Gasteiger partial charge in [0.1, 0.15) is 18.8 Å². The zero-order chi connectivity index (χ0) is 22.1. The Hall–Kier alpha value is -2.45. The molecule has 5 rings (SSSR count). The van der Waals surface area contributed by atoms with Crippen LogP contribution in [0, 0.1) is 5.92 Å². The number of hydrogen-bond acceptors (Lipinski definition) is 6. The molecule has 0 bridgehead atoms. The van der Waals surface area contributed by atoms with Gasteiger partial charge in [-0.15, -0.1) is 0 Å². The van der Waals surface area contributed by atoms with Crippen molar-refractivity contribution in [1.82, 2.24) is 4.90 Å². The Bertz CT molecular complexity index is 921. The second kappa shape index (κ2) is 8.83. The maximum absolute atomic E-state index is 12.9. The van der Waals surface area contributed by atoms with E-state index in [1.807, 2.05) is 74.5 Å². The second-order valence-corrected chi connectivity index (χ2v) is 9.01. The van der Waals surface area contributed by atoms with Crippen molar-refractivity contribution in [1.29, 1.82) is 0 Å². The fourth-order valence-corrected chi connectivity index (χ4v) is 4.70. The van der Waals surface area contributed by atoms with E-state index in [2.05, 4.69) is 0 Å².